The fourth-order valence-corrected chi connectivity index (χ4v) is 2.85. The molecule has 0 saturated carbocycles. The van der Waals surface area contributed by atoms with Crippen LogP contribution >= 0.6 is 27.3 Å². The highest BCUT2D eigenvalue weighted by molar-refractivity contribution is 9.10. The van der Waals surface area contributed by atoms with Gasteiger partial charge >= 0.3 is 0 Å². The minimum Gasteiger partial charge on any atom is -0.271 e. The Hall–Kier alpha value is -0.750. The molecule has 17 heavy (non-hydrogen) atoms. The molecular weight excluding hydrogens is 303 g/mol. The molecule has 0 amide bonds. The molecule has 1 unspecified atom stereocenters. The Bertz CT molecular complexity index is 487. The molecular formula is C12H12BrFN2S. The molecule has 2 aromatic rings. The van der Waals surface area contributed by atoms with E-state index in [9.17, 15) is 4.39 Å². The Kier molecular flexibility index (Phi) is 4.28. The number of hydrogen-bond donors (Lipinski definition) is 2. The molecule has 1 heterocycles. The largest absolute Gasteiger partial charge is 0.271 e. The summed E-state index contributed by atoms with van der Waals surface area (Å²) in [5, 5.41) is 1.98. The number of rotatable bonds is 4. The van der Waals surface area contributed by atoms with Crippen LogP contribution < -0.4 is 11.3 Å². The Morgan fingerprint density at radius 1 is 1.41 bits per heavy atom. The summed E-state index contributed by atoms with van der Waals surface area (Å²) in [5.74, 6) is 5.32. The van der Waals surface area contributed by atoms with E-state index in [0.29, 0.717) is 12.0 Å². The third-order valence-corrected chi connectivity index (χ3v) is 4.00. The van der Waals surface area contributed by atoms with Gasteiger partial charge < -0.3 is 0 Å². The van der Waals surface area contributed by atoms with Gasteiger partial charge in [0, 0.05) is 9.35 Å². The first-order valence-electron chi connectivity index (χ1n) is 5.14. The average Bonchev–Trinajstić information content (AvgIpc) is 2.84. The summed E-state index contributed by atoms with van der Waals surface area (Å²) in [4.78, 5) is 1.10. The predicted octanol–water partition coefficient (Wildman–Crippen LogP) is 3.40. The highest BCUT2D eigenvalue weighted by Crippen LogP contribution is 2.25. The second-order valence-corrected chi connectivity index (χ2v) is 5.57. The summed E-state index contributed by atoms with van der Waals surface area (Å²) in [6.07, 6.45) is 0.530. The topological polar surface area (TPSA) is 38.0 Å². The number of thiophene rings is 1. The van der Waals surface area contributed by atoms with Crippen molar-refractivity contribution in [1.82, 2.24) is 5.43 Å². The molecule has 0 bridgehead atoms. The summed E-state index contributed by atoms with van der Waals surface area (Å²) in [6.45, 7) is 0. The number of halogens is 2. The van der Waals surface area contributed by atoms with Crippen LogP contribution in [0.3, 0.4) is 0 Å². The van der Waals surface area contributed by atoms with Gasteiger partial charge in [-0.05, 0) is 41.6 Å². The van der Waals surface area contributed by atoms with E-state index < -0.39 is 0 Å². The van der Waals surface area contributed by atoms with E-state index in [1.807, 2.05) is 17.5 Å². The lowest BCUT2D eigenvalue weighted by atomic mass is 10.0. The van der Waals surface area contributed by atoms with Gasteiger partial charge in [-0.25, -0.2) is 4.39 Å². The van der Waals surface area contributed by atoms with E-state index in [4.69, 9.17) is 5.84 Å². The minimum absolute atomic E-state index is 0.0567. The number of hydrogen-bond acceptors (Lipinski definition) is 3. The van der Waals surface area contributed by atoms with E-state index >= 15 is 0 Å². The van der Waals surface area contributed by atoms with Gasteiger partial charge in [0.2, 0.25) is 0 Å². The van der Waals surface area contributed by atoms with Crippen molar-refractivity contribution in [3.05, 3.63) is 56.4 Å². The Balaban J connectivity index is 2.21. The molecule has 0 fully saturated rings. The molecule has 1 aromatic carbocycles. The maximum Gasteiger partial charge on any atom is 0.126 e. The number of hydrazine groups is 1. The average molecular weight is 315 g/mol. The van der Waals surface area contributed by atoms with Crippen molar-refractivity contribution in [3.63, 3.8) is 0 Å². The van der Waals surface area contributed by atoms with Gasteiger partial charge in [-0.15, -0.1) is 11.3 Å². The Morgan fingerprint density at radius 3 is 2.88 bits per heavy atom. The zero-order chi connectivity index (χ0) is 12.3. The molecule has 0 aliphatic rings. The summed E-state index contributed by atoms with van der Waals surface area (Å²) in [7, 11) is 0. The second kappa shape index (κ2) is 5.73. The smallest absolute Gasteiger partial charge is 0.126 e. The lowest BCUT2D eigenvalue weighted by molar-refractivity contribution is 0.535. The van der Waals surface area contributed by atoms with Gasteiger partial charge in [0.05, 0.1) is 6.04 Å². The van der Waals surface area contributed by atoms with Crippen LogP contribution in [0.15, 0.2) is 40.2 Å². The summed E-state index contributed by atoms with van der Waals surface area (Å²) >= 11 is 4.95. The van der Waals surface area contributed by atoms with Crippen molar-refractivity contribution < 1.29 is 4.39 Å². The standard InChI is InChI=1S/C12H12BrFN2S/c13-9-3-4-10(14)8(6-9)7-11(16-15)12-2-1-5-17-12/h1-6,11,16H,7,15H2. The van der Waals surface area contributed by atoms with Crippen LogP contribution in [-0.2, 0) is 6.42 Å². The summed E-state index contributed by atoms with van der Waals surface area (Å²) in [5.41, 5.74) is 3.38. The van der Waals surface area contributed by atoms with Crippen LogP contribution in [0.25, 0.3) is 0 Å². The molecule has 0 radical (unpaired) electrons. The first kappa shape index (κ1) is 12.7. The quantitative estimate of drug-likeness (QED) is 0.670. The number of nitrogens with one attached hydrogen (secondary N) is 1. The number of benzene rings is 1. The Labute approximate surface area is 112 Å². The first-order chi connectivity index (χ1) is 8.20. The Morgan fingerprint density at radius 2 is 2.24 bits per heavy atom. The molecule has 0 spiro atoms. The summed E-state index contributed by atoms with van der Waals surface area (Å²) in [6, 6.07) is 8.83. The molecule has 0 aliphatic carbocycles. The van der Waals surface area contributed by atoms with E-state index in [1.54, 1.807) is 23.5 Å². The SMILES string of the molecule is NNC(Cc1cc(Br)ccc1F)c1cccs1. The number of nitrogens with two attached hydrogens (primary N) is 1. The monoisotopic (exact) mass is 314 g/mol. The molecule has 3 N–H and O–H groups in total. The zero-order valence-electron chi connectivity index (χ0n) is 8.99. The predicted molar refractivity (Wildman–Crippen MR) is 72.2 cm³/mol. The van der Waals surface area contributed by atoms with Gasteiger partial charge in [-0.1, -0.05) is 22.0 Å². The van der Waals surface area contributed by atoms with E-state index in [2.05, 4.69) is 21.4 Å². The molecule has 2 nitrogen and oxygen atoms in total. The van der Waals surface area contributed by atoms with Crippen molar-refractivity contribution in [2.75, 3.05) is 0 Å². The van der Waals surface area contributed by atoms with Crippen LogP contribution in [0.5, 0.6) is 0 Å². The van der Waals surface area contributed by atoms with Gasteiger partial charge in [0.25, 0.3) is 0 Å². The van der Waals surface area contributed by atoms with Crippen LogP contribution in [0.1, 0.15) is 16.5 Å². The molecule has 1 aromatic heterocycles. The normalized spacial score (nSPS) is 12.6. The van der Waals surface area contributed by atoms with E-state index in [1.165, 1.54) is 6.07 Å². The lowest BCUT2D eigenvalue weighted by Crippen LogP contribution is -2.29. The second-order valence-electron chi connectivity index (χ2n) is 3.67. The minimum atomic E-state index is -0.204. The third kappa shape index (κ3) is 3.13. The molecule has 2 rings (SSSR count). The van der Waals surface area contributed by atoms with Crippen LogP contribution in [0.2, 0.25) is 0 Å². The maximum atomic E-state index is 13.6. The van der Waals surface area contributed by atoms with Gasteiger partial charge in [-0.3, -0.25) is 11.3 Å². The maximum absolute atomic E-state index is 13.6. The fraction of sp³-hybridized carbons (Fsp3) is 0.167. The van der Waals surface area contributed by atoms with Gasteiger partial charge in [0.15, 0.2) is 0 Å². The molecule has 0 saturated heterocycles. The molecule has 90 valence electrons. The molecule has 1 atom stereocenters. The van der Waals surface area contributed by atoms with Crippen molar-refractivity contribution in [2.24, 2.45) is 5.84 Å². The molecule has 5 heteroatoms. The third-order valence-electron chi connectivity index (χ3n) is 2.52. The molecule has 0 aliphatic heterocycles. The van der Waals surface area contributed by atoms with Crippen molar-refractivity contribution >= 4 is 27.3 Å². The fourth-order valence-electron chi connectivity index (χ4n) is 1.65. The van der Waals surface area contributed by atoms with Crippen molar-refractivity contribution in [3.8, 4) is 0 Å². The van der Waals surface area contributed by atoms with Crippen molar-refractivity contribution in [1.29, 1.82) is 0 Å². The van der Waals surface area contributed by atoms with Crippen LogP contribution in [-0.4, -0.2) is 0 Å². The van der Waals surface area contributed by atoms with E-state index in [-0.39, 0.29) is 11.9 Å². The first-order valence-corrected chi connectivity index (χ1v) is 6.81. The lowest BCUT2D eigenvalue weighted by Gasteiger charge is -2.14. The zero-order valence-corrected chi connectivity index (χ0v) is 11.4. The van der Waals surface area contributed by atoms with E-state index in [0.717, 1.165) is 9.35 Å². The van der Waals surface area contributed by atoms with Crippen molar-refractivity contribution in [2.45, 2.75) is 12.5 Å². The van der Waals surface area contributed by atoms with Gasteiger partial charge in [0.1, 0.15) is 5.82 Å². The highest BCUT2D eigenvalue weighted by Gasteiger charge is 2.14. The van der Waals surface area contributed by atoms with Crippen LogP contribution in [0, 0.1) is 5.82 Å². The highest BCUT2D eigenvalue weighted by atomic mass is 79.9. The van der Waals surface area contributed by atoms with Crippen LogP contribution in [0.4, 0.5) is 4.39 Å². The summed E-state index contributed by atoms with van der Waals surface area (Å²) < 4.78 is 14.5. The van der Waals surface area contributed by atoms with Gasteiger partial charge in [-0.2, -0.15) is 0 Å².